The summed E-state index contributed by atoms with van der Waals surface area (Å²) in [4.78, 5) is 40.5. The second-order valence-corrected chi connectivity index (χ2v) is 14.3. The van der Waals surface area contributed by atoms with Crippen molar-refractivity contribution in [1.82, 2.24) is 9.21 Å². The van der Waals surface area contributed by atoms with E-state index >= 15 is 0 Å². The molecular weight excluding hydrogens is 653 g/mol. The molecular formula is C35H44FN5O7S. The van der Waals surface area contributed by atoms with E-state index in [0.717, 1.165) is 16.4 Å². The van der Waals surface area contributed by atoms with Crippen molar-refractivity contribution in [3.05, 3.63) is 78.1 Å². The van der Waals surface area contributed by atoms with Crippen LogP contribution in [0.15, 0.2) is 71.6 Å². The van der Waals surface area contributed by atoms with Gasteiger partial charge >= 0.3 is 0 Å². The van der Waals surface area contributed by atoms with E-state index in [2.05, 4.69) is 10.6 Å². The second-order valence-electron chi connectivity index (χ2n) is 12.3. The van der Waals surface area contributed by atoms with Gasteiger partial charge < -0.3 is 31.1 Å². The number of carbonyl (C=O) groups is 3. The number of anilines is 3. The number of amides is 3. The first-order valence-electron chi connectivity index (χ1n) is 16.2. The standard InChI is InChI=1S/C35H44FN5O7S/c1-23-20-41(24(2)22-42)35(45)27-10-9-13-30(34(27)48-31(23)21-40(3)49(46,47)26-18-16-25(36)17-19-26)39-33(44)15-6-4-5-14-32(43)38-29-12-8-7-11-28(29)37/h7-13,16-19,23-24,31,42H,4-6,14-15,20-22,37H2,1-3H3,(H,38,43)(H,39,44)/t23-,24-,31-/m0/s1. The average molecular weight is 698 g/mol. The van der Waals surface area contributed by atoms with E-state index in [1.165, 1.54) is 24.1 Å². The predicted molar refractivity (Wildman–Crippen MR) is 185 cm³/mol. The number of hydrogen-bond acceptors (Lipinski definition) is 8. The fraction of sp³-hybridized carbons (Fsp3) is 0.400. The van der Waals surface area contributed by atoms with Gasteiger partial charge in [0.25, 0.3) is 5.91 Å². The molecule has 3 aromatic carbocycles. The lowest BCUT2D eigenvalue weighted by Crippen LogP contribution is -2.50. The zero-order valence-electron chi connectivity index (χ0n) is 27.9. The van der Waals surface area contributed by atoms with E-state index in [1.807, 2.05) is 6.92 Å². The monoisotopic (exact) mass is 697 g/mol. The molecule has 0 unspecified atom stereocenters. The maximum absolute atomic E-state index is 13.8. The Morgan fingerprint density at radius 1 is 1.00 bits per heavy atom. The molecule has 1 aliphatic heterocycles. The molecule has 0 saturated heterocycles. The van der Waals surface area contributed by atoms with Gasteiger partial charge in [-0.05, 0) is 68.3 Å². The lowest BCUT2D eigenvalue weighted by atomic mass is 9.99. The third-order valence-electron chi connectivity index (χ3n) is 8.47. The van der Waals surface area contributed by atoms with E-state index in [9.17, 15) is 32.3 Å². The number of nitrogens with zero attached hydrogens (tertiary/aromatic N) is 2. The Morgan fingerprint density at radius 3 is 2.24 bits per heavy atom. The number of hydrogen-bond donors (Lipinski definition) is 4. The predicted octanol–water partition coefficient (Wildman–Crippen LogP) is 4.48. The molecule has 0 spiro atoms. The number of sulfonamides is 1. The third kappa shape index (κ3) is 9.55. The summed E-state index contributed by atoms with van der Waals surface area (Å²) >= 11 is 0. The van der Waals surface area contributed by atoms with Crippen molar-refractivity contribution < 1.29 is 37.0 Å². The molecule has 0 aromatic heterocycles. The normalized spacial score (nSPS) is 17.0. The van der Waals surface area contributed by atoms with Gasteiger partial charge in [0, 0.05) is 32.4 Å². The summed E-state index contributed by atoms with van der Waals surface area (Å²) in [6.45, 7) is 3.27. The highest BCUT2D eigenvalue weighted by Gasteiger charge is 2.36. The maximum atomic E-state index is 13.8. The number of aliphatic hydroxyl groups is 1. The number of halogens is 1. The van der Waals surface area contributed by atoms with Crippen molar-refractivity contribution in [2.75, 3.05) is 43.1 Å². The van der Waals surface area contributed by atoms with Gasteiger partial charge in [0.15, 0.2) is 5.75 Å². The Morgan fingerprint density at radius 2 is 1.61 bits per heavy atom. The van der Waals surface area contributed by atoms with Gasteiger partial charge in [-0.3, -0.25) is 14.4 Å². The van der Waals surface area contributed by atoms with Crippen LogP contribution in [0.5, 0.6) is 5.75 Å². The molecule has 3 atom stereocenters. The van der Waals surface area contributed by atoms with Crippen LogP contribution in [-0.2, 0) is 19.6 Å². The number of nitrogen functional groups attached to an aromatic ring is 1. The molecule has 5 N–H and O–H groups in total. The summed E-state index contributed by atoms with van der Waals surface area (Å²) < 4.78 is 47.7. The van der Waals surface area contributed by atoms with Gasteiger partial charge in [0.1, 0.15) is 11.9 Å². The highest BCUT2D eigenvalue weighted by atomic mass is 32.2. The zero-order chi connectivity index (χ0) is 35.7. The lowest BCUT2D eigenvalue weighted by molar-refractivity contribution is -0.116. The number of para-hydroxylation sites is 3. The van der Waals surface area contributed by atoms with Gasteiger partial charge in [-0.1, -0.05) is 31.5 Å². The lowest BCUT2D eigenvalue weighted by Gasteiger charge is -2.38. The number of carbonyl (C=O) groups excluding carboxylic acids is 3. The summed E-state index contributed by atoms with van der Waals surface area (Å²) in [6.07, 6.45) is 1.33. The molecule has 0 saturated carbocycles. The largest absolute Gasteiger partial charge is 0.486 e. The molecule has 264 valence electrons. The highest BCUT2D eigenvalue weighted by molar-refractivity contribution is 7.89. The van der Waals surface area contributed by atoms with Crippen LogP contribution in [0, 0.1) is 11.7 Å². The van der Waals surface area contributed by atoms with Crippen LogP contribution in [0.2, 0.25) is 0 Å². The van der Waals surface area contributed by atoms with Crippen molar-refractivity contribution in [3.63, 3.8) is 0 Å². The fourth-order valence-corrected chi connectivity index (χ4v) is 6.66. The van der Waals surface area contributed by atoms with Crippen molar-refractivity contribution in [2.24, 2.45) is 5.92 Å². The Balaban J connectivity index is 1.46. The molecule has 14 heteroatoms. The number of nitrogens with two attached hydrogens (primary N) is 1. The number of rotatable bonds is 14. The van der Waals surface area contributed by atoms with Crippen molar-refractivity contribution in [2.45, 2.75) is 63.0 Å². The number of aliphatic hydroxyl groups excluding tert-OH is 1. The fourth-order valence-electron chi connectivity index (χ4n) is 5.48. The summed E-state index contributed by atoms with van der Waals surface area (Å²) in [7, 11) is -2.63. The average Bonchev–Trinajstić information content (AvgIpc) is 3.07. The van der Waals surface area contributed by atoms with Crippen LogP contribution in [0.4, 0.5) is 21.5 Å². The highest BCUT2D eigenvalue weighted by Crippen LogP contribution is 2.35. The summed E-state index contributed by atoms with van der Waals surface area (Å²) in [5, 5.41) is 15.6. The molecule has 0 radical (unpaired) electrons. The first-order chi connectivity index (χ1) is 23.3. The molecule has 4 rings (SSSR count). The summed E-state index contributed by atoms with van der Waals surface area (Å²) in [6, 6.07) is 15.7. The SMILES string of the molecule is C[C@H]1CN([C@@H](C)CO)C(=O)c2cccc(NC(=O)CCCCCC(=O)Nc3ccccc3N)c2O[C@H]1CN(C)S(=O)(=O)c1ccc(F)cc1. The van der Waals surface area contributed by atoms with Crippen molar-refractivity contribution in [1.29, 1.82) is 0 Å². The Kier molecular flexibility index (Phi) is 12.7. The van der Waals surface area contributed by atoms with E-state index < -0.39 is 39.8 Å². The minimum atomic E-state index is -4.02. The van der Waals surface area contributed by atoms with Gasteiger partial charge in [-0.2, -0.15) is 4.31 Å². The van der Waals surface area contributed by atoms with Crippen LogP contribution in [0.1, 0.15) is 56.3 Å². The minimum absolute atomic E-state index is 0.0875. The molecule has 3 amide bonds. The zero-order valence-corrected chi connectivity index (χ0v) is 28.7. The molecule has 49 heavy (non-hydrogen) atoms. The van der Waals surface area contributed by atoms with E-state index in [-0.39, 0.29) is 66.2 Å². The van der Waals surface area contributed by atoms with Crippen LogP contribution in [0.25, 0.3) is 0 Å². The number of nitrogens with one attached hydrogen (secondary N) is 2. The first kappa shape index (κ1) is 37.3. The Hall–Kier alpha value is -4.53. The van der Waals surface area contributed by atoms with Gasteiger partial charge in [-0.15, -0.1) is 0 Å². The Labute approximate surface area is 286 Å². The number of fused-ring (bicyclic) bond motifs is 1. The second kappa shape index (κ2) is 16.7. The quantitative estimate of drug-likeness (QED) is 0.141. The van der Waals surface area contributed by atoms with E-state index in [4.69, 9.17) is 10.5 Å². The topological polar surface area (TPSA) is 171 Å². The third-order valence-corrected chi connectivity index (χ3v) is 10.3. The molecule has 1 aliphatic rings. The van der Waals surface area contributed by atoms with Gasteiger partial charge in [0.05, 0.1) is 46.7 Å². The number of likely N-dealkylation sites (N-methyl/N-ethyl adjacent to an activating group) is 1. The van der Waals surface area contributed by atoms with Crippen LogP contribution < -0.4 is 21.1 Å². The van der Waals surface area contributed by atoms with E-state index in [1.54, 1.807) is 49.4 Å². The molecule has 12 nitrogen and oxygen atoms in total. The van der Waals surface area contributed by atoms with Crippen LogP contribution in [-0.4, -0.2) is 79.3 Å². The van der Waals surface area contributed by atoms with E-state index in [0.29, 0.717) is 30.6 Å². The van der Waals surface area contributed by atoms with Crippen LogP contribution >= 0.6 is 0 Å². The first-order valence-corrected chi connectivity index (χ1v) is 17.6. The Bertz CT molecular complexity index is 1740. The molecule has 1 heterocycles. The van der Waals surface area contributed by atoms with Crippen LogP contribution in [0.3, 0.4) is 0 Å². The number of benzene rings is 3. The maximum Gasteiger partial charge on any atom is 0.258 e. The molecule has 0 fully saturated rings. The van der Waals surface area contributed by atoms with Gasteiger partial charge in [-0.25, -0.2) is 12.8 Å². The number of unbranched alkanes of at least 4 members (excludes halogenated alkanes) is 2. The van der Waals surface area contributed by atoms with Crippen molar-refractivity contribution in [3.8, 4) is 5.75 Å². The van der Waals surface area contributed by atoms with Crippen molar-refractivity contribution >= 4 is 44.8 Å². The smallest absolute Gasteiger partial charge is 0.258 e. The summed E-state index contributed by atoms with van der Waals surface area (Å²) in [5.74, 6) is -1.77. The molecule has 0 bridgehead atoms. The minimum Gasteiger partial charge on any atom is -0.486 e. The number of ether oxygens (including phenoxy) is 1. The molecule has 0 aliphatic carbocycles. The van der Waals surface area contributed by atoms with Gasteiger partial charge in [0.2, 0.25) is 21.8 Å². The summed E-state index contributed by atoms with van der Waals surface area (Å²) in [5.41, 5.74) is 7.31. The molecule has 3 aromatic rings.